The fourth-order valence-electron chi connectivity index (χ4n) is 5.69. The highest BCUT2D eigenvalue weighted by Crippen LogP contribution is 2.48. The van der Waals surface area contributed by atoms with Crippen molar-refractivity contribution in [3.63, 3.8) is 0 Å². The van der Waals surface area contributed by atoms with Crippen LogP contribution < -0.4 is 31.8 Å². The van der Waals surface area contributed by atoms with Crippen molar-refractivity contribution in [2.45, 2.75) is 9.79 Å². The Kier molecular flexibility index (Phi) is 6.79. The predicted octanol–water partition coefficient (Wildman–Crippen LogP) is 5.90. The summed E-state index contributed by atoms with van der Waals surface area (Å²) in [5, 5.41) is 5.12. The molecular weight excluding hydrogens is 574 g/mol. The summed E-state index contributed by atoms with van der Waals surface area (Å²) < 4.78 is 43.4. The lowest BCUT2D eigenvalue weighted by molar-refractivity contribution is 0.592. The van der Waals surface area contributed by atoms with Gasteiger partial charge in [-0.05, 0) is 36.0 Å². The Morgan fingerprint density at radius 2 is 0.857 bits per heavy atom. The molecule has 42 heavy (non-hydrogen) atoms. The molecular formula is C36H26O3P2S. The lowest BCUT2D eigenvalue weighted by Gasteiger charge is -2.20. The lowest BCUT2D eigenvalue weighted by atomic mass is 10.1. The first-order chi connectivity index (χ1) is 20.5. The predicted molar refractivity (Wildman–Crippen MR) is 175 cm³/mol. The quantitative estimate of drug-likeness (QED) is 0.224. The molecule has 3 nitrogen and oxygen atoms in total. The van der Waals surface area contributed by atoms with E-state index in [-0.39, 0.29) is 4.90 Å². The molecule has 0 aliphatic carbocycles. The van der Waals surface area contributed by atoms with Crippen molar-refractivity contribution in [1.82, 2.24) is 0 Å². The third-order valence-electron chi connectivity index (χ3n) is 7.69. The van der Waals surface area contributed by atoms with Gasteiger partial charge in [-0.2, -0.15) is 0 Å². The Labute approximate surface area is 247 Å². The maximum Gasteiger partial charge on any atom is 0.207 e. The summed E-state index contributed by atoms with van der Waals surface area (Å²) in [6, 6.07) is 50.3. The largest absolute Gasteiger partial charge is 0.309 e. The second kappa shape index (κ2) is 10.6. The average Bonchev–Trinajstić information content (AvgIpc) is 3.28. The minimum atomic E-state index is -3.84. The van der Waals surface area contributed by atoms with Gasteiger partial charge in [-0.25, -0.2) is 8.42 Å². The number of benzene rings is 6. The second-order valence-electron chi connectivity index (χ2n) is 10.2. The topological polar surface area (TPSA) is 51.2 Å². The molecule has 1 aliphatic rings. The van der Waals surface area contributed by atoms with Gasteiger partial charge in [-0.3, -0.25) is 0 Å². The van der Waals surface area contributed by atoms with Crippen LogP contribution >= 0.6 is 15.1 Å². The van der Waals surface area contributed by atoms with Crippen molar-refractivity contribution < 1.29 is 13.0 Å². The van der Waals surface area contributed by atoms with Gasteiger partial charge in [-0.15, -0.1) is 0 Å². The highest BCUT2D eigenvalue weighted by Gasteiger charge is 2.37. The molecule has 0 N–H and O–H groups in total. The highest BCUT2D eigenvalue weighted by atomic mass is 32.2. The molecule has 0 saturated heterocycles. The Morgan fingerprint density at radius 1 is 0.429 bits per heavy atom. The van der Waals surface area contributed by atoms with Crippen molar-refractivity contribution >= 4 is 56.7 Å². The van der Waals surface area contributed by atoms with Crippen molar-refractivity contribution in [1.29, 1.82) is 0 Å². The van der Waals surface area contributed by atoms with Crippen LogP contribution in [0.15, 0.2) is 168 Å². The van der Waals surface area contributed by atoms with E-state index in [0.29, 0.717) is 31.9 Å². The van der Waals surface area contributed by atoms with Gasteiger partial charge in [0.1, 0.15) is 0 Å². The number of hydrogen-bond acceptors (Lipinski definition) is 3. The van der Waals surface area contributed by atoms with Crippen molar-refractivity contribution in [2.24, 2.45) is 0 Å². The molecule has 1 aliphatic heterocycles. The van der Waals surface area contributed by atoms with E-state index in [1.54, 1.807) is 6.07 Å². The summed E-state index contributed by atoms with van der Waals surface area (Å²) in [6.07, 6.45) is 0. The van der Waals surface area contributed by atoms with Crippen LogP contribution in [0.25, 0.3) is 11.1 Å². The van der Waals surface area contributed by atoms with Gasteiger partial charge in [0, 0.05) is 27.0 Å². The molecule has 6 aromatic rings. The van der Waals surface area contributed by atoms with Crippen LogP contribution in [0.2, 0.25) is 0 Å². The van der Waals surface area contributed by atoms with Gasteiger partial charge in [0.25, 0.3) is 0 Å². The smallest absolute Gasteiger partial charge is 0.207 e. The van der Waals surface area contributed by atoms with Crippen LogP contribution in [0, 0.1) is 0 Å². The van der Waals surface area contributed by atoms with Gasteiger partial charge in [-0.1, -0.05) is 146 Å². The van der Waals surface area contributed by atoms with Gasteiger partial charge >= 0.3 is 0 Å². The Hall–Kier alpha value is -4.07. The lowest BCUT2D eigenvalue weighted by Crippen LogP contribution is -2.25. The minimum absolute atomic E-state index is 0.211. The van der Waals surface area contributed by atoms with Crippen molar-refractivity contribution in [2.75, 3.05) is 0 Å². The van der Waals surface area contributed by atoms with E-state index in [9.17, 15) is 13.0 Å². The average molecular weight is 601 g/mol. The van der Waals surface area contributed by atoms with E-state index in [4.69, 9.17) is 0 Å². The molecule has 0 radical (unpaired) electrons. The minimum Gasteiger partial charge on any atom is -0.309 e. The van der Waals surface area contributed by atoms with E-state index in [1.165, 1.54) is 0 Å². The van der Waals surface area contributed by atoms with Crippen molar-refractivity contribution in [3.8, 4) is 11.1 Å². The molecule has 1 heterocycles. The zero-order valence-electron chi connectivity index (χ0n) is 22.5. The van der Waals surface area contributed by atoms with Gasteiger partial charge in [0.05, 0.1) is 9.79 Å². The first-order valence-electron chi connectivity index (χ1n) is 13.6. The zero-order valence-corrected chi connectivity index (χ0v) is 25.1. The number of rotatable bonds is 6. The van der Waals surface area contributed by atoms with E-state index in [0.717, 1.165) is 15.9 Å². The Morgan fingerprint density at radius 3 is 1.36 bits per heavy atom. The maximum absolute atomic E-state index is 15.0. The Balaban J connectivity index is 1.38. The summed E-state index contributed by atoms with van der Waals surface area (Å²) in [7, 11) is -8.13. The number of hydrogen-bond donors (Lipinski definition) is 0. The van der Waals surface area contributed by atoms with Crippen molar-refractivity contribution in [3.05, 3.63) is 158 Å². The molecule has 6 aromatic carbocycles. The summed E-state index contributed by atoms with van der Waals surface area (Å²) in [5.41, 5.74) is 1.34. The number of fused-ring (bicyclic) bond motifs is 3. The second-order valence-corrected chi connectivity index (χ2v) is 17.0. The summed E-state index contributed by atoms with van der Waals surface area (Å²) >= 11 is 0. The van der Waals surface area contributed by atoms with E-state index < -0.39 is 24.9 Å². The normalized spacial score (nSPS) is 13.5. The molecule has 0 bridgehead atoms. The van der Waals surface area contributed by atoms with E-state index in [2.05, 4.69) is 30.3 Å². The van der Waals surface area contributed by atoms with Crippen LogP contribution in [-0.4, -0.2) is 8.42 Å². The maximum atomic E-state index is 15.0. The van der Waals surface area contributed by atoms with Crippen LogP contribution in [0.5, 0.6) is 0 Å². The zero-order chi connectivity index (χ0) is 28.7. The van der Waals surface area contributed by atoms with E-state index >= 15 is 0 Å². The molecule has 0 atom stereocenters. The monoisotopic (exact) mass is 600 g/mol. The number of sulfone groups is 1. The molecule has 0 spiro atoms. The SMILES string of the molecule is O=P(c1ccccc1)(c1ccccc1)c1ccc2c(c1)S(=O)(=O)c1cc(P(c3ccccc3)c3ccccc3)ccc1-2. The summed E-state index contributed by atoms with van der Waals surface area (Å²) in [4.78, 5) is 0.517. The molecule has 0 unspecified atom stereocenters. The van der Waals surface area contributed by atoms with Gasteiger partial charge in [0.2, 0.25) is 9.84 Å². The third-order valence-corrected chi connectivity index (χ3v) is 15.0. The molecule has 0 fully saturated rings. The molecule has 0 aromatic heterocycles. The molecule has 0 saturated carbocycles. The first kappa shape index (κ1) is 26.8. The fraction of sp³-hybridized carbons (Fsp3) is 0. The van der Waals surface area contributed by atoms with E-state index in [1.807, 2.05) is 121 Å². The van der Waals surface area contributed by atoms with Gasteiger partial charge in [0.15, 0.2) is 7.14 Å². The fourth-order valence-corrected chi connectivity index (χ4v) is 12.6. The molecule has 204 valence electrons. The third kappa shape index (κ3) is 4.39. The van der Waals surface area contributed by atoms with Crippen LogP contribution in [0.3, 0.4) is 0 Å². The first-order valence-corrected chi connectivity index (χ1v) is 18.2. The van der Waals surface area contributed by atoms with Gasteiger partial charge < -0.3 is 4.57 Å². The van der Waals surface area contributed by atoms with Crippen LogP contribution in [0.4, 0.5) is 0 Å². The standard InChI is InChI=1S/C36H26O3P2S/c37-41(30-17-9-3-10-18-30,31-19-11-4-12-20-31)32-22-24-34-33-23-21-29(25-35(33)42(38,39)36(34)26-32)40(27-13-5-1-6-14-27)28-15-7-2-8-16-28/h1-26H. The van der Waals surface area contributed by atoms with Crippen LogP contribution in [-0.2, 0) is 14.4 Å². The Bertz CT molecular complexity index is 1980. The molecule has 6 heteroatoms. The highest BCUT2D eigenvalue weighted by molar-refractivity contribution is 7.92. The molecule has 0 amide bonds. The summed E-state index contributed by atoms with van der Waals surface area (Å²) in [6.45, 7) is 0. The molecule has 7 rings (SSSR count). The summed E-state index contributed by atoms with van der Waals surface area (Å²) in [5.74, 6) is 0. The van der Waals surface area contributed by atoms with Crippen LogP contribution in [0.1, 0.15) is 0 Å².